The molecule has 5 rings (SSSR count). The Morgan fingerprint density at radius 1 is 1.29 bits per heavy atom. The molecule has 0 saturated carbocycles. The van der Waals surface area contributed by atoms with Crippen LogP contribution >= 0.6 is 11.3 Å². The van der Waals surface area contributed by atoms with Crippen molar-refractivity contribution in [2.75, 3.05) is 31.7 Å². The zero-order valence-corrected chi connectivity index (χ0v) is 17.3. The molecule has 3 aromatic rings. The summed E-state index contributed by atoms with van der Waals surface area (Å²) in [4.78, 5) is 12.5. The summed E-state index contributed by atoms with van der Waals surface area (Å²) in [6, 6.07) is 4.11. The van der Waals surface area contributed by atoms with Gasteiger partial charge < -0.3 is 14.4 Å². The van der Waals surface area contributed by atoms with Crippen molar-refractivity contribution >= 4 is 21.4 Å². The topological polar surface area (TPSA) is 64.8 Å². The fraction of sp³-hybridized carbons (Fsp3) is 0.550. The zero-order chi connectivity index (χ0) is 19.3. The lowest BCUT2D eigenvalue weighted by atomic mass is 9.98. The van der Waals surface area contributed by atoms with Crippen LogP contribution in [0.5, 0.6) is 5.88 Å². The van der Waals surface area contributed by atoms with Crippen molar-refractivity contribution in [3.05, 3.63) is 24.0 Å². The number of methoxy groups -OCH3 is 1. The number of hydrogen-bond acceptors (Lipinski definition) is 7. The Hall–Kier alpha value is -2.19. The molecule has 0 N–H and O–H groups in total. The van der Waals surface area contributed by atoms with Crippen molar-refractivity contribution in [2.24, 2.45) is 5.92 Å². The van der Waals surface area contributed by atoms with E-state index in [0.717, 1.165) is 46.7 Å². The maximum atomic E-state index is 5.95. The molecule has 28 heavy (non-hydrogen) atoms. The van der Waals surface area contributed by atoms with Crippen LogP contribution in [0.1, 0.15) is 38.3 Å². The van der Waals surface area contributed by atoms with Crippen LogP contribution < -0.4 is 9.64 Å². The summed E-state index contributed by atoms with van der Waals surface area (Å²) in [7, 11) is 1.66. The van der Waals surface area contributed by atoms with Gasteiger partial charge in [0.1, 0.15) is 0 Å². The van der Waals surface area contributed by atoms with Crippen LogP contribution in [0.25, 0.3) is 16.2 Å². The van der Waals surface area contributed by atoms with Crippen molar-refractivity contribution in [2.45, 2.75) is 38.7 Å². The third kappa shape index (κ3) is 2.95. The minimum absolute atomic E-state index is 0.345. The molecule has 0 aromatic carbocycles. The second-order valence-electron chi connectivity index (χ2n) is 7.89. The van der Waals surface area contributed by atoms with Crippen molar-refractivity contribution < 1.29 is 9.47 Å². The maximum Gasteiger partial charge on any atom is 0.222 e. The second-order valence-corrected chi connectivity index (χ2v) is 8.82. The summed E-state index contributed by atoms with van der Waals surface area (Å²) in [6.07, 6.45) is 4.61. The van der Waals surface area contributed by atoms with Crippen LogP contribution in [0.4, 0.5) is 5.13 Å². The van der Waals surface area contributed by atoms with Gasteiger partial charge in [0.05, 0.1) is 30.7 Å². The number of hydrogen-bond donors (Lipinski definition) is 0. The second kappa shape index (κ2) is 7.00. The molecule has 0 spiro atoms. The van der Waals surface area contributed by atoms with E-state index in [1.807, 2.05) is 10.7 Å². The Kier molecular flexibility index (Phi) is 4.47. The van der Waals surface area contributed by atoms with Gasteiger partial charge in [-0.3, -0.25) is 0 Å². The van der Waals surface area contributed by atoms with E-state index in [4.69, 9.17) is 14.6 Å². The van der Waals surface area contributed by atoms with Crippen molar-refractivity contribution in [1.82, 2.24) is 19.6 Å². The third-order valence-electron chi connectivity index (χ3n) is 5.72. The fourth-order valence-electron chi connectivity index (χ4n) is 4.16. The van der Waals surface area contributed by atoms with Gasteiger partial charge in [-0.1, -0.05) is 25.2 Å². The number of aromatic nitrogens is 4. The van der Waals surface area contributed by atoms with E-state index in [-0.39, 0.29) is 0 Å². The van der Waals surface area contributed by atoms with Crippen molar-refractivity contribution in [3.63, 3.8) is 0 Å². The molecule has 5 heterocycles. The van der Waals surface area contributed by atoms with Gasteiger partial charge >= 0.3 is 0 Å². The van der Waals surface area contributed by atoms with Crippen molar-refractivity contribution in [1.29, 1.82) is 0 Å². The molecular formula is C20H25N5O2S. The Balaban J connectivity index is 1.49. The molecule has 0 unspecified atom stereocenters. The number of rotatable bonds is 4. The van der Waals surface area contributed by atoms with Gasteiger partial charge in [-0.25, -0.2) is 14.5 Å². The standard InChI is InChI=1S/C20H25N5O2S/c1-12(2)15-7-6-14(18(22-15)26-3)16-9-21-19-25(16)23-20(28-19)24-10-13-5-4-8-27-17(13)11-24/h6-7,9,12-13,17H,4-5,8,10-11H2,1-3H3/t13-,17-/m1/s1. The largest absolute Gasteiger partial charge is 0.480 e. The SMILES string of the molecule is COc1nc(C(C)C)ccc1-c1cnc2sc(N3C[C@H]4CCCO[C@@H]4C3)nn12. The predicted molar refractivity (Wildman–Crippen MR) is 109 cm³/mol. The number of pyridine rings is 1. The normalized spacial score (nSPS) is 22.2. The molecule has 0 amide bonds. The number of nitrogens with zero attached hydrogens (tertiary/aromatic N) is 5. The third-order valence-corrected chi connectivity index (χ3v) is 6.70. The predicted octanol–water partition coefficient (Wildman–Crippen LogP) is 3.60. The van der Waals surface area contributed by atoms with Crippen LogP contribution in [-0.2, 0) is 4.74 Å². The minimum atomic E-state index is 0.345. The lowest BCUT2D eigenvalue weighted by molar-refractivity contribution is 0.00105. The van der Waals surface area contributed by atoms with E-state index < -0.39 is 0 Å². The van der Waals surface area contributed by atoms with Gasteiger partial charge in [-0.2, -0.15) is 0 Å². The highest BCUT2D eigenvalue weighted by Gasteiger charge is 2.37. The summed E-state index contributed by atoms with van der Waals surface area (Å²) in [5.41, 5.74) is 2.83. The Labute approximate surface area is 168 Å². The maximum absolute atomic E-state index is 5.95. The summed E-state index contributed by atoms with van der Waals surface area (Å²) in [5, 5.41) is 5.89. The number of fused-ring (bicyclic) bond motifs is 2. The van der Waals surface area contributed by atoms with Gasteiger partial charge in [0, 0.05) is 31.3 Å². The quantitative estimate of drug-likeness (QED) is 0.668. The van der Waals surface area contributed by atoms with Crippen LogP contribution in [0, 0.1) is 5.92 Å². The van der Waals surface area contributed by atoms with Gasteiger partial charge in [0.25, 0.3) is 0 Å². The summed E-state index contributed by atoms with van der Waals surface area (Å²) < 4.78 is 13.4. The van der Waals surface area contributed by atoms with E-state index in [1.165, 1.54) is 12.8 Å². The van der Waals surface area contributed by atoms with Crippen LogP contribution in [0.15, 0.2) is 18.3 Å². The summed E-state index contributed by atoms with van der Waals surface area (Å²) >= 11 is 1.63. The monoisotopic (exact) mass is 399 g/mol. The molecular weight excluding hydrogens is 374 g/mol. The average molecular weight is 400 g/mol. The molecule has 2 atom stereocenters. The molecule has 0 aliphatic carbocycles. The van der Waals surface area contributed by atoms with Crippen LogP contribution in [-0.4, -0.2) is 52.5 Å². The van der Waals surface area contributed by atoms with Gasteiger partial charge in [-0.05, 0) is 30.9 Å². The first-order valence-electron chi connectivity index (χ1n) is 9.90. The molecule has 2 aliphatic heterocycles. The van der Waals surface area contributed by atoms with Gasteiger partial charge in [0.2, 0.25) is 16.0 Å². The number of imidazole rings is 1. The fourth-order valence-corrected chi connectivity index (χ4v) is 5.06. The van der Waals surface area contributed by atoms with E-state index in [9.17, 15) is 0 Å². The van der Waals surface area contributed by atoms with E-state index in [2.05, 4.69) is 40.8 Å². The Bertz CT molecular complexity index is 984. The van der Waals surface area contributed by atoms with Gasteiger partial charge in [0.15, 0.2) is 0 Å². The molecule has 8 heteroatoms. The molecule has 7 nitrogen and oxygen atoms in total. The zero-order valence-electron chi connectivity index (χ0n) is 16.5. The molecule has 3 aromatic heterocycles. The highest BCUT2D eigenvalue weighted by molar-refractivity contribution is 7.20. The minimum Gasteiger partial charge on any atom is -0.480 e. The highest BCUT2D eigenvalue weighted by atomic mass is 32.1. The van der Waals surface area contributed by atoms with Gasteiger partial charge in [-0.15, -0.1) is 5.10 Å². The number of ether oxygens (including phenoxy) is 2. The van der Waals surface area contributed by atoms with E-state index in [1.54, 1.807) is 18.4 Å². The Morgan fingerprint density at radius 2 is 2.18 bits per heavy atom. The summed E-state index contributed by atoms with van der Waals surface area (Å²) in [5.74, 6) is 1.58. The lowest BCUT2D eigenvalue weighted by Gasteiger charge is -2.23. The molecule has 2 saturated heterocycles. The molecule has 2 aliphatic rings. The smallest absolute Gasteiger partial charge is 0.222 e. The summed E-state index contributed by atoms with van der Waals surface area (Å²) in [6.45, 7) is 7.08. The average Bonchev–Trinajstić information content (AvgIpc) is 3.40. The van der Waals surface area contributed by atoms with Crippen LogP contribution in [0.3, 0.4) is 0 Å². The first kappa shape index (κ1) is 17.9. The lowest BCUT2D eigenvalue weighted by Crippen LogP contribution is -2.28. The molecule has 0 radical (unpaired) electrons. The molecule has 148 valence electrons. The van der Waals surface area contributed by atoms with Crippen LogP contribution in [0.2, 0.25) is 0 Å². The first-order valence-corrected chi connectivity index (χ1v) is 10.7. The van der Waals surface area contributed by atoms with E-state index >= 15 is 0 Å². The Morgan fingerprint density at radius 3 is 2.96 bits per heavy atom. The van der Waals surface area contributed by atoms with Crippen molar-refractivity contribution in [3.8, 4) is 17.1 Å². The molecule has 2 fully saturated rings. The first-order chi connectivity index (χ1) is 13.6. The highest BCUT2D eigenvalue weighted by Crippen LogP contribution is 2.36. The number of anilines is 1. The van der Waals surface area contributed by atoms with E-state index in [0.29, 0.717) is 23.8 Å². The molecule has 0 bridgehead atoms.